The molecule has 0 unspecified atom stereocenters. The lowest BCUT2D eigenvalue weighted by atomic mass is 10.2. The topological polar surface area (TPSA) is 83.1 Å². The van der Waals surface area contributed by atoms with Crippen molar-refractivity contribution < 1.29 is 13.2 Å². The van der Waals surface area contributed by atoms with Crippen LogP contribution in [0.25, 0.3) is 5.69 Å². The molecule has 0 atom stereocenters. The van der Waals surface area contributed by atoms with Gasteiger partial charge in [-0.2, -0.15) is 18.3 Å². The first-order chi connectivity index (χ1) is 13.4. The average Bonchev–Trinajstić information content (AvgIpc) is 2.68. The van der Waals surface area contributed by atoms with Crippen molar-refractivity contribution in [3.8, 4) is 5.69 Å². The molecule has 0 aliphatic heterocycles. The Kier molecular flexibility index (Phi) is 5.35. The Morgan fingerprint density at radius 1 is 1.11 bits per heavy atom. The normalized spacial score (nSPS) is 11.9. The van der Waals surface area contributed by atoms with Crippen molar-refractivity contribution in [2.75, 3.05) is 5.32 Å². The lowest BCUT2D eigenvalue weighted by Gasteiger charge is -2.12. The van der Waals surface area contributed by atoms with Crippen LogP contribution in [-0.4, -0.2) is 22.0 Å². The van der Waals surface area contributed by atoms with Crippen molar-refractivity contribution in [1.82, 2.24) is 9.78 Å². The minimum Gasteiger partial charge on any atom is -0.338 e. The first-order valence-corrected chi connectivity index (χ1v) is 8.05. The van der Waals surface area contributed by atoms with Crippen LogP contribution in [0.2, 0.25) is 0 Å². The summed E-state index contributed by atoms with van der Waals surface area (Å²) in [5.41, 5.74) is -0.717. The van der Waals surface area contributed by atoms with Crippen LogP contribution in [-0.2, 0) is 6.18 Å². The molecule has 0 saturated carbocycles. The van der Waals surface area contributed by atoms with Crippen LogP contribution in [0, 0.1) is 5.41 Å². The number of para-hydroxylation sites is 1. The maximum Gasteiger partial charge on any atom is 0.416 e. The molecule has 142 valence electrons. The first-order valence-electron chi connectivity index (χ1n) is 8.05. The van der Waals surface area contributed by atoms with Crippen LogP contribution in [0.5, 0.6) is 0 Å². The van der Waals surface area contributed by atoms with E-state index in [1.807, 2.05) is 0 Å². The quantitative estimate of drug-likeness (QED) is 0.530. The third-order valence-corrected chi connectivity index (χ3v) is 3.70. The van der Waals surface area contributed by atoms with Crippen LogP contribution in [0.3, 0.4) is 0 Å². The van der Waals surface area contributed by atoms with E-state index in [4.69, 9.17) is 5.41 Å². The number of alkyl halides is 3. The van der Waals surface area contributed by atoms with E-state index in [0.29, 0.717) is 5.69 Å². The number of aliphatic imine (C=N–C) groups is 1. The summed E-state index contributed by atoms with van der Waals surface area (Å²) in [4.78, 5) is 16.1. The summed E-state index contributed by atoms with van der Waals surface area (Å²) in [6.45, 7) is 0. The van der Waals surface area contributed by atoms with Crippen molar-refractivity contribution in [1.29, 1.82) is 5.41 Å². The number of hydrogen-bond donors (Lipinski definition) is 2. The van der Waals surface area contributed by atoms with Gasteiger partial charge in [0.2, 0.25) is 5.43 Å². The second kappa shape index (κ2) is 7.87. The molecule has 6 nitrogen and oxygen atoms in total. The van der Waals surface area contributed by atoms with E-state index in [-0.39, 0.29) is 17.2 Å². The molecule has 0 bridgehead atoms. The molecule has 0 aliphatic carbocycles. The van der Waals surface area contributed by atoms with Gasteiger partial charge >= 0.3 is 6.18 Å². The number of nitrogens with one attached hydrogen (secondary N) is 2. The van der Waals surface area contributed by atoms with Crippen LogP contribution >= 0.6 is 0 Å². The molecular formula is C19H14F3N5O. The predicted molar refractivity (Wildman–Crippen MR) is 100 cm³/mol. The fraction of sp³-hybridized carbons (Fsp3) is 0.0526. The molecule has 0 spiro atoms. The molecule has 0 aliphatic rings. The maximum absolute atomic E-state index is 13.0. The molecule has 1 heterocycles. The predicted octanol–water partition coefficient (Wildman–Crippen LogP) is 3.72. The highest BCUT2D eigenvalue weighted by atomic mass is 19.4. The third kappa shape index (κ3) is 4.32. The number of rotatable bonds is 4. The molecule has 3 aromatic rings. The molecular weight excluding hydrogens is 371 g/mol. The summed E-state index contributed by atoms with van der Waals surface area (Å²) in [7, 11) is 0. The lowest BCUT2D eigenvalue weighted by Crippen LogP contribution is -2.26. The Balaban J connectivity index is 2.04. The smallest absolute Gasteiger partial charge is 0.338 e. The van der Waals surface area contributed by atoms with Crippen LogP contribution < -0.4 is 10.7 Å². The number of benzene rings is 2. The Labute approximate surface area is 157 Å². The van der Waals surface area contributed by atoms with Crippen LogP contribution in [0.1, 0.15) is 11.3 Å². The van der Waals surface area contributed by atoms with Gasteiger partial charge in [-0.15, -0.1) is 0 Å². The van der Waals surface area contributed by atoms with Crippen molar-refractivity contribution in [2.45, 2.75) is 6.18 Å². The highest BCUT2D eigenvalue weighted by molar-refractivity contribution is 6.09. The van der Waals surface area contributed by atoms with E-state index in [0.717, 1.165) is 23.2 Å². The van der Waals surface area contributed by atoms with E-state index in [1.165, 1.54) is 24.4 Å². The zero-order valence-electron chi connectivity index (χ0n) is 14.3. The van der Waals surface area contributed by atoms with Crippen LogP contribution in [0.4, 0.5) is 18.9 Å². The highest BCUT2D eigenvalue weighted by Crippen LogP contribution is 2.30. The lowest BCUT2D eigenvalue weighted by molar-refractivity contribution is -0.137. The summed E-state index contributed by atoms with van der Waals surface area (Å²) in [5.74, 6) is 0.00697. The molecule has 0 fully saturated rings. The Bertz CT molecular complexity index is 1070. The number of amidine groups is 1. The zero-order valence-corrected chi connectivity index (χ0v) is 14.3. The van der Waals surface area contributed by atoms with Gasteiger partial charge in [-0.1, -0.05) is 24.3 Å². The van der Waals surface area contributed by atoms with Gasteiger partial charge in [-0.3, -0.25) is 10.2 Å². The van der Waals surface area contributed by atoms with E-state index in [9.17, 15) is 18.0 Å². The Hall–Kier alpha value is -3.75. The average molecular weight is 385 g/mol. The fourth-order valence-electron chi connectivity index (χ4n) is 2.42. The Morgan fingerprint density at radius 2 is 1.86 bits per heavy atom. The zero-order chi connectivity index (χ0) is 20.1. The molecule has 3 rings (SSSR count). The van der Waals surface area contributed by atoms with Gasteiger partial charge in [0, 0.05) is 18.0 Å². The second-order valence-corrected chi connectivity index (χ2v) is 5.62. The van der Waals surface area contributed by atoms with Crippen LogP contribution in [0.15, 0.2) is 76.6 Å². The molecule has 0 saturated heterocycles. The summed E-state index contributed by atoms with van der Waals surface area (Å²) >= 11 is 0. The van der Waals surface area contributed by atoms with Gasteiger partial charge in [0.05, 0.1) is 11.3 Å². The SMILES string of the molecule is N=C/N=C(\Nc1ccccc1)c1nn(-c2cccc(C(F)(F)F)c2)ccc1=O. The number of anilines is 1. The standard InChI is InChI=1S/C19H14F3N5O/c20-19(21,22)13-5-4-8-15(11-13)27-10-9-16(28)17(26-27)18(24-12-23)25-14-6-2-1-3-7-14/h1-12H,(H2,23,24,25). The van der Waals surface area contributed by atoms with Gasteiger partial charge in [-0.25, -0.2) is 9.67 Å². The number of nitrogens with zero attached hydrogens (tertiary/aromatic N) is 3. The van der Waals surface area contributed by atoms with Crippen molar-refractivity contribution >= 4 is 17.9 Å². The summed E-state index contributed by atoms with van der Waals surface area (Å²) in [5, 5.41) is 14.2. The number of hydrogen-bond acceptors (Lipinski definition) is 3. The monoisotopic (exact) mass is 385 g/mol. The fourth-order valence-corrected chi connectivity index (χ4v) is 2.42. The molecule has 2 N–H and O–H groups in total. The molecule has 2 aromatic carbocycles. The van der Waals surface area contributed by atoms with Crippen molar-refractivity contribution in [3.63, 3.8) is 0 Å². The molecule has 1 aromatic heterocycles. The summed E-state index contributed by atoms with van der Waals surface area (Å²) in [6.07, 6.45) is -2.49. The minimum atomic E-state index is -4.50. The molecule has 9 heteroatoms. The molecule has 0 radical (unpaired) electrons. The minimum absolute atomic E-state index is 0.00697. The van der Waals surface area contributed by atoms with Gasteiger partial charge in [0.15, 0.2) is 11.5 Å². The first kappa shape index (κ1) is 19.0. The van der Waals surface area contributed by atoms with E-state index in [2.05, 4.69) is 15.4 Å². The van der Waals surface area contributed by atoms with Gasteiger partial charge in [-0.05, 0) is 30.3 Å². The summed E-state index contributed by atoms with van der Waals surface area (Å²) < 4.78 is 40.0. The number of halogens is 3. The Morgan fingerprint density at radius 3 is 2.54 bits per heavy atom. The van der Waals surface area contributed by atoms with Crippen molar-refractivity contribution in [3.05, 3.63) is 88.3 Å². The highest BCUT2D eigenvalue weighted by Gasteiger charge is 2.30. The van der Waals surface area contributed by atoms with Gasteiger partial charge in [0.1, 0.15) is 6.34 Å². The maximum atomic E-state index is 13.0. The van der Waals surface area contributed by atoms with E-state index >= 15 is 0 Å². The third-order valence-electron chi connectivity index (χ3n) is 3.70. The second-order valence-electron chi connectivity index (χ2n) is 5.62. The van der Waals surface area contributed by atoms with E-state index in [1.54, 1.807) is 30.3 Å². The van der Waals surface area contributed by atoms with E-state index < -0.39 is 17.2 Å². The largest absolute Gasteiger partial charge is 0.416 e. The van der Waals surface area contributed by atoms with Gasteiger partial charge in [0.25, 0.3) is 0 Å². The molecule has 0 amide bonds. The van der Waals surface area contributed by atoms with Crippen molar-refractivity contribution in [2.24, 2.45) is 4.99 Å². The number of aromatic nitrogens is 2. The molecule has 28 heavy (non-hydrogen) atoms. The van der Waals surface area contributed by atoms with Gasteiger partial charge < -0.3 is 5.32 Å². The summed E-state index contributed by atoms with van der Waals surface area (Å²) in [6, 6.07) is 14.6.